The number of carbonyl (C=O) groups is 1. The summed E-state index contributed by atoms with van der Waals surface area (Å²) in [6, 6.07) is 0.909. The van der Waals surface area contributed by atoms with Gasteiger partial charge in [0.25, 0.3) is 0 Å². The molecular weight excluding hydrogens is 240 g/mol. The van der Waals surface area contributed by atoms with Crippen molar-refractivity contribution < 1.29 is 4.79 Å². The summed E-state index contributed by atoms with van der Waals surface area (Å²) in [5.41, 5.74) is 0. The molecule has 3 atom stereocenters. The summed E-state index contributed by atoms with van der Waals surface area (Å²) in [7, 11) is 4.29. The van der Waals surface area contributed by atoms with Gasteiger partial charge in [0.05, 0.1) is 6.04 Å². The van der Waals surface area contributed by atoms with E-state index < -0.39 is 0 Å². The molecule has 3 unspecified atom stereocenters. The monoisotopic (exact) mass is 268 g/mol. The first-order chi connectivity index (χ1) is 9.06. The summed E-state index contributed by atoms with van der Waals surface area (Å²) in [6.07, 6.45) is 3.30. The Morgan fingerprint density at radius 3 is 2.84 bits per heavy atom. The Bertz CT molecular complexity index is 310. The molecule has 0 aromatic rings. The molecule has 2 fully saturated rings. The summed E-state index contributed by atoms with van der Waals surface area (Å²) in [5, 5.41) is 6.51. The van der Waals surface area contributed by atoms with Crippen molar-refractivity contribution in [1.29, 1.82) is 0 Å². The van der Waals surface area contributed by atoms with E-state index in [0.29, 0.717) is 12.1 Å². The molecule has 5 heteroatoms. The van der Waals surface area contributed by atoms with E-state index in [-0.39, 0.29) is 11.9 Å². The molecule has 2 rings (SSSR count). The van der Waals surface area contributed by atoms with E-state index in [9.17, 15) is 4.79 Å². The molecule has 19 heavy (non-hydrogen) atoms. The van der Waals surface area contributed by atoms with Crippen molar-refractivity contribution in [3.8, 4) is 0 Å². The molecule has 1 amide bonds. The number of carbonyl (C=O) groups excluding carboxylic acids is 1. The van der Waals surface area contributed by atoms with Gasteiger partial charge >= 0.3 is 0 Å². The first-order valence-electron chi connectivity index (χ1n) is 7.49. The molecule has 5 nitrogen and oxygen atoms in total. The van der Waals surface area contributed by atoms with Crippen molar-refractivity contribution in [3.05, 3.63) is 0 Å². The maximum atomic E-state index is 12.2. The molecule has 2 aliphatic heterocycles. The Kier molecular flexibility index (Phi) is 5.19. The molecule has 2 aliphatic rings. The van der Waals surface area contributed by atoms with E-state index >= 15 is 0 Å². The molecule has 0 bridgehead atoms. The second-order valence-electron chi connectivity index (χ2n) is 6.19. The predicted octanol–water partition coefficient (Wildman–Crippen LogP) is -0.121. The quantitative estimate of drug-likeness (QED) is 0.749. The zero-order valence-electron chi connectivity index (χ0n) is 12.5. The fourth-order valence-corrected chi connectivity index (χ4v) is 3.01. The van der Waals surface area contributed by atoms with Crippen LogP contribution in [0.1, 0.15) is 26.2 Å². The molecule has 0 aromatic heterocycles. The average molecular weight is 268 g/mol. The van der Waals surface area contributed by atoms with Crippen LogP contribution in [0.4, 0.5) is 0 Å². The van der Waals surface area contributed by atoms with E-state index in [4.69, 9.17) is 0 Å². The minimum absolute atomic E-state index is 0.00961. The topological polar surface area (TPSA) is 47.6 Å². The van der Waals surface area contributed by atoms with Crippen LogP contribution >= 0.6 is 0 Å². The summed E-state index contributed by atoms with van der Waals surface area (Å²) in [5.74, 6) is 0.174. The van der Waals surface area contributed by atoms with Crippen molar-refractivity contribution in [1.82, 2.24) is 20.4 Å². The maximum absolute atomic E-state index is 12.2. The summed E-state index contributed by atoms with van der Waals surface area (Å²) >= 11 is 0. The number of nitrogens with one attached hydrogen (secondary N) is 2. The van der Waals surface area contributed by atoms with Gasteiger partial charge < -0.3 is 15.5 Å². The normalized spacial score (nSPS) is 34.2. The van der Waals surface area contributed by atoms with Crippen molar-refractivity contribution in [3.63, 3.8) is 0 Å². The largest absolute Gasteiger partial charge is 0.353 e. The van der Waals surface area contributed by atoms with Crippen LogP contribution in [0.5, 0.6) is 0 Å². The zero-order chi connectivity index (χ0) is 13.8. The highest BCUT2D eigenvalue weighted by atomic mass is 16.2. The van der Waals surface area contributed by atoms with Gasteiger partial charge in [-0.1, -0.05) is 0 Å². The first kappa shape index (κ1) is 14.8. The molecule has 110 valence electrons. The maximum Gasteiger partial charge on any atom is 0.237 e. The van der Waals surface area contributed by atoms with E-state index in [1.165, 1.54) is 6.42 Å². The van der Waals surface area contributed by atoms with E-state index in [1.54, 1.807) is 0 Å². The molecule has 0 aromatic carbocycles. The third-order valence-corrected chi connectivity index (χ3v) is 4.42. The van der Waals surface area contributed by atoms with Crippen molar-refractivity contribution in [2.45, 2.75) is 44.3 Å². The van der Waals surface area contributed by atoms with E-state index in [0.717, 1.165) is 39.0 Å². The third kappa shape index (κ3) is 4.16. The lowest BCUT2D eigenvalue weighted by molar-refractivity contribution is -0.124. The van der Waals surface area contributed by atoms with Gasteiger partial charge in [0, 0.05) is 38.3 Å². The van der Waals surface area contributed by atoms with Crippen molar-refractivity contribution in [2.24, 2.45) is 0 Å². The van der Waals surface area contributed by atoms with Crippen LogP contribution in [0, 0.1) is 0 Å². The SMILES string of the molecule is CC1CCCC(C(=O)NCC2CN(C)CCN2C)N1. The second kappa shape index (κ2) is 6.68. The number of rotatable bonds is 3. The third-order valence-electron chi connectivity index (χ3n) is 4.42. The molecule has 0 aliphatic carbocycles. The van der Waals surface area contributed by atoms with Crippen LogP contribution < -0.4 is 10.6 Å². The highest BCUT2D eigenvalue weighted by Gasteiger charge is 2.26. The number of hydrogen-bond acceptors (Lipinski definition) is 4. The molecule has 0 spiro atoms. The molecule has 0 saturated carbocycles. The molecule has 2 N–H and O–H groups in total. The van der Waals surface area contributed by atoms with Gasteiger partial charge in [0.1, 0.15) is 0 Å². The molecule has 2 heterocycles. The Balaban J connectivity index is 1.76. The molecule has 0 radical (unpaired) electrons. The highest BCUT2D eigenvalue weighted by Crippen LogP contribution is 2.12. The second-order valence-corrected chi connectivity index (χ2v) is 6.19. The first-order valence-corrected chi connectivity index (χ1v) is 7.49. The van der Waals surface area contributed by atoms with Crippen LogP contribution in [0.3, 0.4) is 0 Å². The van der Waals surface area contributed by atoms with Gasteiger partial charge in [-0.3, -0.25) is 9.69 Å². The van der Waals surface area contributed by atoms with Gasteiger partial charge in [-0.15, -0.1) is 0 Å². The number of hydrogen-bond donors (Lipinski definition) is 2. The number of piperidine rings is 1. The predicted molar refractivity (Wildman–Crippen MR) is 77.2 cm³/mol. The van der Waals surface area contributed by atoms with Gasteiger partial charge in [-0.2, -0.15) is 0 Å². The Hall–Kier alpha value is -0.650. The Morgan fingerprint density at radius 2 is 2.11 bits per heavy atom. The number of likely N-dealkylation sites (N-methyl/N-ethyl adjacent to an activating group) is 2. The zero-order valence-corrected chi connectivity index (χ0v) is 12.5. The standard InChI is InChI=1S/C14H28N4O/c1-11-5-4-6-13(16-11)14(19)15-9-12-10-17(2)7-8-18(12)3/h11-13,16H,4-10H2,1-3H3,(H,15,19). The fourth-order valence-electron chi connectivity index (χ4n) is 3.01. The summed E-state index contributed by atoms with van der Waals surface area (Å²) in [4.78, 5) is 16.8. The lowest BCUT2D eigenvalue weighted by atomic mass is 9.99. The summed E-state index contributed by atoms with van der Waals surface area (Å²) in [6.45, 7) is 6.14. The van der Waals surface area contributed by atoms with Gasteiger partial charge in [-0.05, 0) is 40.3 Å². The fraction of sp³-hybridized carbons (Fsp3) is 0.929. The van der Waals surface area contributed by atoms with Crippen molar-refractivity contribution >= 4 is 5.91 Å². The van der Waals surface area contributed by atoms with Gasteiger partial charge in [0.15, 0.2) is 0 Å². The van der Waals surface area contributed by atoms with E-state index in [2.05, 4.69) is 41.5 Å². The number of amides is 1. The summed E-state index contributed by atoms with van der Waals surface area (Å²) < 4.78 is 0. The minimum atomic E-state index is 0.00961. The lowest BCUT2D eigenvalue weighted by Gasteiger charge is -2.38. The van der Waals surface area contributed by atoms with Crippen LogP contribution in [0.15, 0.2) is 0 Å². The highest BCUT2D eigenvalue weighted by molar-refractivity contribution is 5.81. The van der Waals surface area contributed by atoms with Crippen LogP contribution in [0.2, 0.25) is 0 Å². The van der Waals surface area contributed by atoms with Crippen molar-refractivity contribution in [2.75, 3.05) is 40.3 Å². The molecule has 2 saturated heterocycles. The lowest BCUT2D eigenvalue weighted by Crippen LogP contribution is -2.56. The van der Waals surface area contributed by atoms with Crippen LogP contribution in [-0.4, -0.2) is 74.1 Å². The Morgan fingerprint density at radius 1 is 1.32 bits per heavy atom. The Labute approximate surface area is 116 Å². The van der Waals surface area contributed by atoms with Gasteiger partial charge in [-0.25, -0.2) is 0 Å². The number of nitrogens with zero attached hydrogens (tertiary/aromatic N) is 2. The number of piperazine rings is 1. The molecular formula is C14H28N4O. The smallest absolute Gasteiger partial charge is 0.237 e. The van der Waals surface area contributed by atoms with Gasteiger partial charge in [0.2, 0.25) is 5.91 Å². The van der Waals surface area contributed by atoms with Crippen LogP contribution in [0.25, 0.3) is 0 Å². The van der Waals surface area contributed by atoms with Crippen LogP contribution in [-0.2, 0) is 4.79 Å². The minimum Gasteiger partial charge on any atom is -0.353 e. The van der Waals surface area contributed by atoms with E-state index in [1.807, 2.05) is 0 Å². The average Bonchev–Trinajstić information content (AvgIpc) is 2.39.